The van der Waals surface area contributed by atoms with Gasteiger partial charge in [0.2, 0.25) is 0 Å². The van der Waals surface area contributed by atoms with Crippen LogP contribution in [0.5, 0.6) is 0 Å². The van der Waals surface area contributed by atoms with Crippen LogP contribution in [0.15, 0.2) is 0 Å². The molecule has 0 amide bonds. The molecular weight excluding hydrogens is 132 g/mol. The summed E-state index contributed by atoms with van der Waals surface area (Å²) in [5.74, 6) is 0.932. The van der Waals surface area contributed by atoms with E-state index in [2.05, 4.69) is 6.92 Å². The Balaban J connectivity index is 2.23. The molecular formula is C8H15Cl. The third kappa shape index (κ3) is 2.17. The van der Waals surface area contributed by atoms with Crippen LogP contribution in [-0.4, -0.2) is 5.38 Å². The summed E-state index contributed by atoms with van der Waals surface area (Å²) in [4.78, 5) is 0. The SMILES string of the molecule is CCC1CCCC(Cl)C1. The van der Waals surface area contributed by atoms with Gasteiger partial charge in [-0.2, -0.15) is 0 Å². The number of halogens is 1. The summed E-state index contributed by atoms with van der Waals surface area (Å²) in [6.45, 7) is 2.26. The molecule has 1 rings (SSSR count). The van der Waals surface area contributed by atoms with Gasteiger partial charge in [0.15, 0.2) is 0 Å². The average Bonchev–Trinajstić information content (AvgIpc) is 1.88. The maximum absolute atomic E-state index is 5.99. The van der Waals surface area contributed by atoms with Gasteiger partial charge in [0, 0.05) is 5.38 Å². The van der Waals surface area contributed by atoms with E-state index in [0.717, 1.165) is 5.92 Å². The van der Waals surface area contributed by atoms with E-state index in [-0.39, 0.29) is 0 Å². The molecule has 1 saturated carbocycles. The van der Waals surface area contributed by atoms with Crippen molar-refractivity contribution in [2.75, 3.05) is 0 Å². The van der Waals surface area contributed by atoms with Crippen molar-refractivity contribution in [2.45, 2.75) is 44.4 Å². The molecule has 0 aromatic heterocycles. The second-order valence-corrected chi connectivity index (χ2v) is 3.66. The molecule has 0 spiro atoms. The second kappa shape index (κ2) is 3.46. The Labute approximate surface area is 62.6 Å². The minimum absolute atomic E-state index is 0.490. The molecule has 0 N–H and O–H groups in total. The Hall–Kier alpha value is 0.290. The van der Waals surface area contributed by atoms with E-state index >= 15 is 0 Å². The Kier molecular flexibility index (Phi) is 2.84. The quantitative estimate of drug-likeness (QED) is 0.499. The highest BCUT2D eigenvalue weighted by molar-refractivity contribution is 6.20. The standard InChI is InChI=1S/C8H15Cl/c1-2-7-4-3-5-8(9)6-7/h7-8H,2-6H2,1H3. The fourth-order valence-electron chi connectivity index (χ4n) is 1.60. The number of alkyl halides is 1. The normalized spacial score (nSPS) is 36.7. The van der Waals surface area contributed by atoms with Crippen molar-refractivity contribution in [3.63, 3.8) is 0 Å². The van der Waals surface area contributed by atoms with Gasteiger partial charge in [-0.05, 0) is 18.8 Å². The van der Waals surface area contributed by atoms with Gasteiger partial charge in [-0.25, -0.2) is 0 Å². The molecule has 54 valence electrons. The van der Waals surface area contributed by atoms with Gasteiger partial charge in [0.05, 0.1) is 0 Å². The van der Waals surface area contributed by atoms with Gasteiger partial charge in [0.1, 0.15) is 0 Å². The molecule has 0 aromatic rings. The van der Waals surface area contributed by atoms with Gasteiger partial charge >= 0.3 is 0 Å². The Morgan fingerprint density at radius 1 is 1.44 bits per heavy atom. The summed E-state index contributed by atoms with van der Waals surface area (Å²) in [5, 5.41) is 0.490. The van der Waals surface area contributed by atoms with Crippen LogP contribution in [0.1, 0.15) is 39.0 Å². The number of hydrogen-bond donors (Lipinski definition) is 0. The molecule has 9 heavy (non-hydrogen) atoms. The highest BCUT2D eigenvalue weighted by atomic mass is 35.5. The van der Waals surface area contributed by atoms with Crippen LogP contribution in [0, 0.1) is 5.92 Å². The van der Waals surface area contributed by atoms with Gasteiger partial charge in [-0.15, -0.1) is 11.6 Å². The fraction of sp³-hybridized carbons (Fsp3) is 1.00. The third-order valence-electron chi connectivity index (χ3n) is 2.30. The molecule has 1 heteroatoms. The zero-order chi connectivity index (χ0) is 6.69. The summed E-state index contributed by atoms with van der Waals surface area (Å²) in [7, 11) is 0. The molecule has 0 radical (unpaired) electrons. The van der Waals surface area contributed by atoms with Crippen LogP contribution in [-0.2, 0) is 0 Å². The third-order valence-corrected chi connectivity index (χ3v) is 2.69. The van der Waals surface area contributed by atoms with E-state index < -0.39 is 0 Å². The lowest BCUT2D eigenvalue weighted by molar-refractivity contribution is 0.354. The van der Waals surface area contributed by atoms with Crippen LogP contribution in [0.3, 0.4) is 0 Å². The molecule has 0 nitrogen and oxygen atoms in total. The minimum Gasteiger partial charge on any atom is -0.123 e. The largest absolute Gasteiger partial charge is 0.123 e. The zero-order valence-electron chi connectivity index (χ0n) is 6.07. The van der Waals surface area contributed by atoms with E-state index in [1.165, 1.54) is 32.1 Å². The molecule has 0 bridgehead atoms. The summed E-state index contributed by atoms with van der Waals surface area (Å²) in [6, 6.07) is 0. The highest BCUT2D eigenvalue weighted by Gasteiger charge is 2.17. The van der Waals surface area contributed by atoms with Crippen molar-refractivity contribution in [3.05, 3.63) is 0 Å². The van der Waals surface area contributed by atoms with E-state index in [1.54, 1.807) is 0 Å². The van der Waals surface area contributed by atoms with Crippen LogP contribution in [0.4, 0.5) is 0 Å². The van der Waals surface area contributed by atoms with Crippen molar-refractivity contribution in [1.82, 2.24) is 0 Å². The van der Waals surface area contributed by atoms with Crippen molar-refractivity contribution in [2.24, 2.45) is 5.92 Å². The van der Waals surface area contributed by atoms with E-state index in [0.29, 0.717) is 5.38 Å². The maximum atomic E-state index is 5.99. The lowest BCUT2D eigenvalue weighted by atomic mass is 9.87. The maximum Gasteiger partial charge on any atom is 0.0338 e. The first-order valence-electron chi connectivity index (χ1n) is 3.97. The van der Waals surface area contributed by atoms with Gasteiger partial charge in [0.25, 0.3) is 0 Å². The van der Waals surface area contributed by atoms with Crippen molar-refractivity contribution >= 4 is 11.6 Å². The Bertz CT molecular complexity index is 80.6. The van der Waals surface area contributed by atoms with Crippen LogP contribution in [0.2, 0.25) is 0 Å². The summed E-state index contributed by atoms with van der Waals surface area (Å²) >= 11 is 5.99. The molecule has 2 atom stereocenters. The fourth-order valence-corrected chi connectivity index (χ4v) is 2.00. The molecule has 0 heterocycles. The summed E-state index contributed by atoms with van der Waals surface area (Å²) in [6.07, 6.45) is 6.60. The smallest absolute Gasteiger partial charge is 0.0338 e. The highest BCUT2D eigenvalue weighted by Crippen LogP contribution is 2.29. The van der Waals surface area contributed by atoms with Gasteiger partial charge < -0.3 is 0 Å². The van der Waals surface area contributed by atoms with Gasteiger partial charge in [-0.3, -0.25) is 0 Å². The molecule has 1 fully saturated rings. The molecule has 0 aliphatic heterocycles. The molecule has 1 aliphatic rings. The van der Waals surface area contributed by atoms with E-state index in [4.69, 9.17) is 11.6 Å². The van der Waals surface area contributed by atoms with Crippen LogP contribution in [0.25, 0.3) is 0 Å². The molecule has 0 aromatic carbocycles. The summed E-state index contributed by atoms with van der Waals surface area (Å²) in [5.41, 5.74) is 0. The first-order chi connectivity index (χ1) is 4.33. The second-order valence-electron chi connectivity index (χ2n) is 3.04. The summed E-state index contributed by atoms with van der Waals surface area (Å²) < 4.78 is 0. The minimum atomic E-state index is 0.490. The average molecular weight is 147 g/mol. The first kappa shape index (κ1) is 7.40. The number of rotatable bonds is 1. The Morgan fingerprint density at radius 2 is 2.22 bits per heavy atom. The van der Waals surface area contributed by atoms with Crippen molar-refractivity contribution in [3.8, 4) is 0 Å². The molecule has 0 saturated heterocycles. The molecule has 2 unspecified atom stereocenters. The van der Waals surface area contributed by atoms with Crippen LogP contribution >= 0.6 is 11.6 Å². The van der Waals surface area contributed by atoms with E-state index in [1.807, 2.05) is 0 Å². The molecule has 1 aliphatic carbocycles. The monoisotopic (exact) mass is 146 g/mol. The number of hydrogen-bond acceptors (Lipinski definition) is 0. The lowest BCUT2D eigenvalue weighted by Crippen LogP contribution is -2.14. The predicted octanol–water partition coefficient (Wildman–Crippen LogP) is 3.19. The van der Waals surface area contributed by atoms with Crippen LogP contribution < -0.4 is 0 Å². The lowest BCUT2D eigenvalue weighted by Gasteiger charge is -2.23. The zero-order valence-corrected chi connectivity index (χ0v) is 6.82. The topological polar surface area (TPSA) is 0 Å². The van der Waals surface area contributed by atoms with Crippen molar-refractivity contribution in [1.29, 1.82) is 0 Å². The van der Waals surface area contributed by atoms with Crippen molar-refractivity contribution < 1.29 is 0 Å². The first-order valence-corrected chi connectivity index (χ1v) is 4.40. The Morgan fingerprint density at radius 3 is 2.67 bits per heavy atom. The predicted molar refractivity (Wildman–Crippen MR) is 41.9 cm³/mol. The van der Waals surface area contributed by atoms with Gasteiger partial charge in [-0.1, -0.05) is 26.2 Å². The van der Waals surface area contributed by atoms with E-state index in [9.17, 15) is 0 Å².